The van der Waals surface area contributed by atoms with E-state index in [2.05, 4.69) is 28.5 Å². The average Bonchev–Trinajstić information content (AvgIpc) is 3.12. The number of rotatable bonds is 5. The molecule has 6 heteroatoms. The predicted molar refractivity (Wildman–Crippen MR) is 108 cm³/mol. The first-order valence-corrected chi connectivity index (χ1v) is 9.36. The molecule has 146 valence electrons. The van der Waals surface area contributed by atoms with E-state index in [-0.39, 0.29) is 11.9 Å². The third-order valence-electron chi connectivity index (χ3n) is 5.35. The lowest BCUT2D eigenvalue weighted by Crippen LogP contribution is -2.31. The lowest BCUT2D eigenvalue weighted by Gasteiger charge is -2.24. The summed E-state index contributed by atoms with van der Waals surface area (Å²) < 4.78 is 16.1. The number of aromatic nitrogens is 1. The molecule has 0 bridgehead atoms. The number of para-hydroxylation sites is 1. The van der Waals surface area contributed by atoms with Crippen LogP contribution in [0.25, 0.3) is 10.9 Å². The molecule has 0 spiro atoms. The Morgan fingerprint density at radius 3 is 2.46 bits per heavy atom. The molecule has 6 nitrogen and oxygen atoms in total. The fourth-order valence-electron chi connectivity index (χ4n) is 4.01. The molecule has 2 aromatic carbocycles. The van der Waals surface area contributed by atoms with E-state index in [1.54, 1.807) is 19.2 Å². The third kappa shape index (κ3) is 3.05. The first-order chi connectivity index (χ1) is 13.7. The molecule has 1 aromatic heterocycles. The number of H-pyrrole nitrogens is 1. The molecule has 1 aliphatic carbocycles. The van der Waals surface area contributed by atoms with E-state index in [1.807, 2.05) is 6.07 Å². The number of carbonyl (C=O) groups is 1. The zero-order chi connectivity index (χ0) is 19.7. The van der Waals surface area contributed by atoms with Gasteiger partial charge in [0.25, 0.3) is 5.91 Å². The third-order valence-corrected chi connectivity index (χ3v) is 5.35. The van der Waals surface area contributed by atoms with Gasteiger partial charge in [0.15, 0.2) is 11.5 Å². The Kier molecular flexibility index (Phi) is 4.86. The normalized spacial score (nSPS) is 15.8. The number of carbonyl (C=O) groups excluding carboxylic acids is 1. The lowest BCUT2D eigenvalue weighted by molar-refractivity contribution is 0.0931. The van der Waals surface area contributed by atoms with Crippen molar-refractivity contribution in [2.24, 2.45) is 0 Å². The van der Waals surface area contributed by atoms with Crippen molar-refractivity contribution >= 4 is 16.8 Å². The summed E-state index contributed by atoms with van der Waals surface area (Å²) in [5, 5.41) is 4.41. The second kappa shape index (κ2) is 7.46. The van der Waals surface area contributed by atoms with Crippen LogP contribution < -0.4 is 19.5 Å². The largest absolute Gasteiger partial charge is 0.493 e. The molecule has 4 rings (SSSR count). The van der Waals surface area contributed by atoms with Crippen LogP contribution in [0.15, 0.2) is 36.4 Å². The van der Waals surface area contributed by atoms with Gasteiger partial charge < -0.3 is 24.5 Å². The molecular weight excluding hydrogens is 356 g/mol. The summed E-state index contributed by atoms with van der Waals surface area (Å²) in [6.07, 6.45) is 2.96. The zero-order valence-electron chi connectivity index (χ0n) is 16.3. The van der Waals surface area contributed by atoms with Gasteiger partial charge in [-0.3, -0.25) is 4.79 Å². The maximum Gasteiger partial charge on any atom is 0.252 e. The van der Waals surface area contributed by atoms with Gasteiger partial charge in [-0.25, -0.2) is 0 Å². The standard InChI is InChI=1S/C22H24N2O4/c1-26-18-11-13(12-19(27-2)21(18)28-3)22(25)24-17-10-6-8-15-14-7-4-5-9-16(14)23-20(15)17/h4-5,7,9,11-12,17,23H,6,8,10H2,1-3H3,(H,24,25)/t17-/m1/s1. The summed E-state index contributed by atoms with van der Waals surface area (Å²) >= 11 is 0. The van der Waals surface area contributed by atoms with E-state index in [1.165, 1.54) is 25.2 Å². The number of hydrogen-bond donors (Lipinski definition) is 2. The second-order valence-corrected chi connectivity index (χ2v) is 6.90. The monoisotopic (exact) mass is 380 g/mol. The number of benzene rings is 2. The summed E-state index contributed by atoms with van der Waals surface area (Å²) in [5.74, 6) is 1.22. The molecular formula is C22H24N2O4. The van der Waals surface area contributed by atoms with Gasteiger partial charge in [0.05, 0.1) is 27.4 Å². The minimum atomic E-state index is -0.171. The average molecular weight is 380 g/mol. The number of aromatic amines is 1. The second-order valence-electron chi connectivity index (χ2n) is 6.90. The quantitative estimate of drug-likeness (QED) is 0.702. The number of amides is 1. The Morgan fingerprint density at radius 2 is 1.79 bits per heavy atom. The summed E-state index contributed by atoms with van der Waals surface area (Å²) in [4.78, 5) is 16.5. The molecule has 1 heterocycles. The Balaban J connectivity index is 1.65. The molecule has 0 aliphatic heterocycles. The number of aryl methyl sites for hydroxylation is 1. The van der Waals surface area contributed by atoms with Crippen molar-refractivity contribution < 1.29 is 19.0 Å². The van der Waals surface area contributed by atoms with E-state index in [0.29, 0.717) is 22.8 Å². The van der Waals surface area contributed by atoms with E-state index >= 15 is 0 Å². The molecule has 0 unspecified atom stereocenters. The molecule has 1 atom stereocenters. The van der Waals surface area contributed by atoms with Crippen LogP contribution in [0.4, 0.5) is 0 Å². The molecule has 0 saturated heterocycles. The highest BCUT2D eigenvalue weighted by Gasteiger charge is 2.26. The van der Waals surface area contributed by atoms with E-state index in [9.17, 15) is 4.79 Å². The van der Waals surface area contributed by atoms with Gasteiger partial charge in [-0.15, -0.1) is 0 Å². The summed E-state index contributed by atoms with van der Waals surface area (Å²) in [7, 11) is 4.62. The molecule has 1 aliphatic rings. The number of fused-ring (bicyclic) bond motifs is 3. The van der Waals surface area contributed by atoms with Crippen LogP contribution in [-0.4, -0.2) is 32.2 Å². The van der Waals surface area contributed by atoms with Crippen LogP contribution in [0.3, 0.4) is 0 Å². The van der Waals surface area contributed by atoms with Gasteiger partial charge >= 0.3 is 0 Å². The number of nitrogens with one attached hydrogen (secondary N) is 2. The maximum atomic E-state index is 13.0. The van der Waals surface area contributed by atoms with Crippen molar-refractivity contribution in [3.63, 3.8) is 0 Å². The highest BCUT2D eigenvalue weighted by Crippen LogP contribution is 2.39. The number of methoxy groups -OCH3 is 3. The van der Waals surface area contributed by atoms with Crippen molar-refractivity contribution in [2.45, 2.75) is 25.3 Å². The highest BCUT2D eigenvalue weighted by molar-refractivity contribution is 5.96. The Bertz CT molecular complexity index is 1000. The molecule has 28 heavy (non-hydrogen) atoms. The van der Waals surface area contributed by atoms with Gasteiger partial charge in [-0.1, -0.05) is 18.2 Å². The maximum absolute atomic E-state index is 13.0. The van der Waals surface area contributed by atoms with Crippen molar-refractivity contribution in [2.75, 3.05) is 21.3 Å². The smallest absolute Gasteiger partial charge is 0.252 e. The fourth-order valence-corrected chi connectivity index (χ4v) is 4.01. The molecule has 1 amide bonds. The summed E-state index contributed by atoms with van der Waals surface area (Å²) in [6, 6.07) is 11.6. The van der Waals surface area contributed by atoms with Crippen LogP contribution in [0.2, 0.25) is 0 Å². The van der Waals surface area contributed by atoms with Crippen LogP contribution in [0.5, 0.6) is 17.2 Å². The minimum absolute atomic E-state index is 0.0530. The van der Waals surface area contributed by atoms with Crippen molar-refractivity contribution in [3.8, 4) is 17.2 Å². The van der Waals surface area contributed by atoms with Crippen LogP contribution in [0, 0.1) is 0 Å². The first-order valence-electron chi connectivity index (χ1n) is 9.36. The molecule has 0 radical (unpaired) electrons. The van der Waals surface area contributed by atoms with Gasteiger partial charge in [-0.05, 0) is 43.0 Å². The van der Waals surface area contributed by atoms with Crippen molar-refractivity contribution in [3.05, 3.63) is 53.2 Å². The number of ether oxygens (including phenoxy) is 3. The number of hydrogen-bond acceptors (Lipinski definition) is 4. The minimum Gasteiger partial charge on any atom is -0.493 e. The van der Waals surface area contributed by atoms with Crippen LogP contribution in [0.1, 0.15) is 40.5 Å². The Labute approximate surface area is 163 Å². The Hall–Kier alpha value is -3.15. The summed E-state index contributed by atoms with van der Waals surface area (Å²) in [5.41, 5.74) is 3.99. The van der Waals surface area contributed by atoms with Gasteiger partial charge in [0, 0.05) is 22.2 Å². The van der Waals surface area contributed by atoms with E-state index in [0.717, 1.165) is 30.5 Å². The molecule has 3 aromatic rings. The van der Waals surface area contributed by atoms with Crippen LogP contribution in [-0.2, 0) is 6.42 Å². The van der Waals surface area contributed by atoms with Gasteiger partial charge in [0.1, 0.15) is 0 Å². The van der Waals surface area contributed by atoms with E-state index in [4.69, 9.17) is 14.2 Å². The predicted octanol–water partition coefficient (Wildman–Crippen LogP) is 4.00. The van der Waals surface area contributed by atoms with Crippen molar-refractivity contribution in [1.29, 1.82) is 0 Å². The molecule has 0 fully saturated rings. The van der Waals surface area contributed by atoms with Gasteiger partial charge in [0.2, 0.25) is 5.75 Å². The Morgan fingerprint density at radius 1 is 1.07 bits per heavy atom. The fraction of sp³-hybridized carbons (Fsp3) is 0.318. The lowest BCUT2D eigenvalue weighted by atomic mass is 9.91. The first kappa shape index (κ1) is 18.2. The molecule has 0 saturated carbocycles. The van der Waals surface area contributed by atoms with Gasteiger partial charge in [-0.2, -0.15) is 0 Å². The van der Waals surface area contributed by atoms with E-state index < -0.39 is 0 Å². The zero-order valence-corrected chi connectivity index (χ0v) is 16.3. The topological polar surface area (TPSA) is 72.6 Å². The SMILES string of the molecule is COc1cc(C(=O)N[C@@H]2CCCc3c2[nH]c2ccccc32)cc(OC)c1OC. The summed E-state index contributed by atoms with van der Waals surface area (Å²) in [6.45, 7) is 0. The molecule has 2 N–H and O–H groups in total. The van der Waals surface area contributed by atoms with Crippen molar-refractivity contribution in [1.82, 2.24) is 10.3 Å². The highest BCUT2D eigenvalue weighted by atomic mass is 16.5. The van der Waals surface area contributed by atoms with Crippen LogP contribution >= 0.6 is 0 Å².